The molecule has 4 nitrogen and oxygen atoms in total. The second-order valence-electron chi connectivity index (χ2n) is 6.17. The van der Waals surface area contributed by atoms with Gasteiger partial charge in [0, 0.05) is 17.2 Å². The van der Waals surface area contributed by atoms with Gasteiger partial charge in [-0.1, -0.05) is 36.4 Å². The molecular weight excluding hydrogens is 300 g/mol. The second-order valence-corrected chi connectivity index (χ2v) is 6.17. The third kappa shape index (κ3) is 2.83. The molecule has 24 heavy (non-hydrogen) atoms. The van der Waals surface area contributed by atoms with Gasteiger partial charge in [0.05, 0.1) is 6.20 Å². The van der Waals surface area contributed by atoms with E-state index in [-0.39, 0.29) is 5.75 Å². The van der Waals surface area contributed by atoms with E-state index in [0.717, 1.165) is 16.9 Å². The van der Waals surface area contributed by atoms with Crippen molar-refractivity contribution in [3.05, 3.63) is 65.9 Å². The number of phenolic OH excluding ortho intramolecular Hbond substituents is 1. The van der Waals surface area contributed by atoms with E-state index in [4.69, 9.17) is 4.74 Å². The van der Waals surface area contributed by atoms with Gasteiger partial charge in [0.2, 0.25) is 5.88 Å². The minimum Gasteiger partial charge on any atom is -0.507 e. The van der Waals surface area contributed by atoms with Crippen molar-refractivity contribution in [1.29, 1.82) is 0 Å². The maximum atomic E-state index is 10.0. The van der Waals surface area contributed by atoms with Crippen LogP contribution < -0.4 is 4.74 Å². The first-order valence-corrected chi connectivity index (χ1v) is 8.11. The molecule has 0 saturated heterocycles. The van der Waals surface area contributed by atoms with Gasteiger partial charge in [-0.15, -0.1) is 5.10 Å². The van der Waals surface area contributed by atoms with Crippen LogP contribution in [0.25, 0.3) is 11.1 Å². The van der Waals surface area contributed by atoms with Crippen molar-refractivity contribution < 1.29 is 9.84 Å². The van der Waals surface area contributed by atoms with E-state index in [0.29, 0.717) is 17.4 Å². The van der Waals surface area contributed by atoms with E-state index in [1.807, 2.05) is 31.2 Å². The van der Waals surface area contributed by atoms with Gasteiger partial charge in [-0.3, -0.25) is 0 Å². The summed E-state index contributed by atoms with van der Waals surface area (Å²) < 4.78 is 6.09. The Kier molecular flexibility index (Phi) is 3.65. The zero-order valence-corrected chi connectivity index (χ0v) is 13.4. The van der Waals surface area contributed by atoms with Crippen molar-refractivity contribution in [2.24, 2.45) is 0 Å². The molecule has 4 rings (SSSR count). The summed E-state index contributed by atoms with van der Waals surface area (Å²) in [5, 5.41) is 18.2. The molecule has 2 aromatic carbocycles. The van der Waals surface area contributed by atoms with Crippen LogP contribution in [0.5, 0.6) is 17.4 Å². The second kappa shape index (κ2) is 5.96. The molecule has 0 bridgehead atoms. The maximum Gasteiger partial charge on any atom is 0.239 e. The summed E-state index contributed by atoms with van der Waals surface area (Å²) in [6.07, 6.45) is 4.05. The molecule has 3 aromatic rings. The molecular formula is C20H18N2O2. The van der Waals surface area contributed by atoms with Gasteiger partial charge in [-0.05, 0) is 42.9 Å². The Morgan fingerprint density at radius 2 is 1.92 bits per heavy atom. The van der Waals surface area contributed by atoms with Crippen LogP contribution >= 0.6 is 0 Å². The first-order chi connectivity index (χ1) is 11.7. The molecule has 1 aromatic heterocycles. The molecule has 0 atom stereocenters. The molecule has 1 N–H and O–H groups in total. The average molecular weight is 318 g/mol. The van der Waals surface area contributed by atoms with Gasteiger partial charge >= 0.3 is 0 Å². The van der Waals surface area contributed by atoms with Crippen LogP contribution in [0.2, 0.25) is 0 Å². The van der Waals surface area contributed by atoms with Crippen LogP contribution in [-0.4, -0.2) is 15.3 Å². The van der Waals surface area contributed by atoms with Crippen LogP contribution in [0.1, 0.15) is 29.9 Å². The summed E-state index contributed by atoms with van der Waals surface area (Å²) in [7, 11) is 0. The first-order valence-electron chi connectivity index (χ1n) is 8.11. The number of rotatable bonds is 4. The molecule has 1 fully saturated rings. The molecule has 0 amide bonds. The van der Waals surface area contributed by atoms with Crippen LogP contribution in [-0.2, 0) is 0 Å². The Bertz CT molecular complexity index is 888. The Hall–Kier alpha value is -2.88. The lowest BCUT2D eigenvalue weighted by Gasteiger charge is -2.13. The van der Waals surface area contributed by atoms with E-state index in [9.17, 15) is 5.11 Å². The average Bonchev–Trinajstić information content (AvgIpc) is 3.42. The smallest absolute Gasteiger partial charge is 0.239 e. The number of phenols is 1. The lowest BCUT2D eigenvalue weighted by Crippen LogP contribution is -1.96. The highest BCUT2D eigenvalue weighted by molar-refractivity contribution is 5.69. The van der Waals surface area contributed by atoms with E-state index in [1.165, 1.54) is 18.4 Å². The predicted molar refractivity (Wildman–Crippen MR) is 92.4 cm³/mol. The van der Waals surface area contributed by atoms with Crippen LogP contribution in [0.15, 0.2) is 54.7 Å². The van der Waals surface area contributed by atoms with Crippen LogP contribution in [0.4, 0.5) is 0 Å². The number of aromatic hydroxyl groups is 1. The van der Waals surface area contributed by atoms with E-state index < -0.39 is 0 Å². The minimum atomic E-state index is 0.214. The van der Waals surface area contributed by atoms with Crippen molar-refractivity contribution in [2.45, 2.75) is 25.7 Å². The fourth-order valence-electron chi connectivity index (χ4n) is 2.90. The summed E-state index contributed by atoms with van der Waals surface area (Å²) in [4.78, 5) is 0. The maximum absolute atomic E-state index is 10.0. The number of benzene rings is 2. The molecule has 0 radical (unpaired) electrons. The summed E-state index contributed by atoms with van der Waals surface area (Å²) in [5.41, 5.74) is 3.82. The Labute approximate surface area is 140 Å². The highest BCUT2D eigenvalue weighted by Gasteiger charge is 2.27. The molecule has 1 heterocycles. The van der Waals surface area contributed by atoms with Crippen molar-refractivity contribution in [2.75, 3.05) is 0 Å². The van der Waals surface area contributed by atoms with E-state index in [2.05, 4.69) is 22.3 Å². The molecule has 0 aliphatic heterocycles. The van der Waals surface area contributed by atoms with Crippen LogP contribution in [0.3, 0.4) is 0 Å². The molecule has 1 aliphatic carbocycles. The van der Waals surface area contributed by atoms with Gasteiger partial charge in [0.15, 0.2) is 0 Å². The summed E-state index contributed by atoms with van der Waals surface area (Å²) in [6.45, 7) is 2.04. The van der Waals surface area contributed by atoms with Crippen molar-refractivity contribution in [3.8, 4) is 28.5 Å². The number of ether oxygens (including phenoxy) is 1. The highest BCUT2D eigenvalue weighted by Crippen LogP contribution is 2.46. The molecule has 1 aliphatic rings. The van der Waals surface area contributed by atoms with Crippen LogP contribution in [0, 0.1) is 6.92 Å². The van der Waals surface area contributed by atoms with Gasteiger partial charge in [-0.25, -0.2) is 0 Å². The number of hydrogen-bond acceptors (Lipinski definition) is 4. The minimum absolute atomic E-state index is 0.214. The molecule has 120 valence electrons. The van der Waals surface area contributed by atoms with Gasteiger partial charge in [0.1, 0.15) is 11.5 Å². The first kappa shape index (κ1) is 14.7. The summed E-state index contributed by atoms with van der Waals surface area (Å²) >= 11 is 0. The molecule has 1 saturated carbocycles. The lowest BCUT2D eigenvalue weighted by molar-refractivity contribution is 0.446. The third-order valence-electron chi connectivity index (χ3n) is 4.31. The summed E-state index contributed by atoms with van der Waals surface area (Å²) in [5.74, 6) is 2.12. The fourth-order valence-corrected chi connectivity index (χ4v) is 2.90. The lowest BCUT2D eigenvalue weighted by atomic mass is 10.1. The fraction of sp³-hybridized carbons (Fsp3) is 0.200. The number of para-hydroxylation sites is 2. The zero-order chi connectivity index (χ0) is 16.5. The Balaban J connectivity index is 1.70. The van der Waals surface area contributed by atoms with Crippen molar-refractivity contribution in [3.63, 3.8) is 0 Å². The number of nitrogens with zero attached hydrogens (tertiary/aromatic N) is 2. The quantitative estimate of drug-likeness (QED) is 0.749. The normalized spacial score (nSPS) is 13.7. The van der Waals surface area contributed by atoms with E-state index >= 15 is 0 Å². The monoisotopic (exact) mass is 318 g/mol. The third-order valence-corrected chi connectivity index (χ3v) is 4.31. The zero-order valence-electron chi connectivity index (χ0n) is 13.4. The number of aromatic nitrogens is 2. The topological polar surface area (TPSA) is 55.2 Å². The predicted octanol–water partition coefficient (Wildman–Crippen LogP) is 4.83. The number of hydrogen-bond donors (Lipinski definition) is 1. The largest absolute Gasteiger partial charge is 0.507 e. The van der Waals surface area contributed by atoms with Crippen molar-refractivity contribution in [1.82, 2.24) is 10.2 Å². The Morgan fingerprint density at radius 1 is 1.08 bits per heavy atom. The van der Waals surface area contributed by atoms with E-state index in [1.54, 1.807) is 18.3 Å². The Morgan fingerprint density at radius 3 is 2.71 bits per heavy atom. The number of aryl methyl sites for hydroxylation is 1. The summed E-state index contributed by atoms with van der Waals surface area (Å²) in [6, 6.07) is 15.2. The standard InChI is InChI=1S/C20H18N2O2/c1-13-5-4-7-17(14-9-10-14)20(13)24-19-11-15(12-21-22-19)16-6-2-3-8-18(16)23/h2-8,11-12,14,23H,9-10H2,1H3. The van der Waals surface area contributed by atoms with Gasteiger partial charge in [-0.2, -0.15) is 5.10 Å². The molecule has 0 spiro atoms. The molecule has 4 heteroatoms. The molecule has 0 unspecified atom stereocenters. The highest BCUT2D eigenvalue weighted by atomic mass is 16.5. The van der Waals surface area contributed by atoms with Gasteiger partial charge < -0.3 is 9.84 Å². The SMILES string of the molecule is Cc1cccc(C2CC2)c1Oc1cc(-c2ccccc2O)cnn1. The van der Waals surface area contributed by atoms with Crippen molar-refractivity contribution >= 4 is 0 Å². The van der Waals surface area contributed by atoms with Gasteiger partial charge in [0.25, 0.3) is 0 Å².